The molecule has 0 spiro atoms. The van der Waals surface area contributed by atoms with Crippen LogP contribution in [0.1, 0.15) is 5.56 Å². The van der Waals surface area contributed by atoms with E-state index in [1.54, 1.807) is 18.3 Å². The summed E-state index contributed by atoms with van der Waals surface area (Å²) in [6.45, 7) is 0.331. The molecule has 1 heterocycles. The molecule has 0 aliphatic rings. The average molecular weight is 283 g/mol. The number of hydrogen-bond acceptors (Lipinski definition) is 2. The number of hydrogen-bond donors (Lipinski definition) is 0. The highest BCUT2D eigenvalue weighted by Gasteiger charge is 2.00. The second-order valence-corrected chi connectivity index (χ2v) is 4.12. The number of aromatic nitrogens is 2. The van der Waals surface area contributed by atoms with Crippen molar-refractivity contribution >= 4 is 15.9 Å². The topological polar surface area (TPSA) is 34.9 Å². The number of nitrogens with zero attached hydrogens (tertiary/aromatic N) is 2. The molecule has 3 nitrogen and oxygen atoms in total. The van der Waals surface area contributed by atoms with E-state index in [1.807, 2.05) is 0 Å². The highest BCUT2D eigenvalue weighted by atomic mass is 79.9. The van der Waals surface area contributed by atoms with Crippen LogP contribution < -0.4 is 5.56 Å². The summed E-state index contributed by atoms with van der Waals surface area (Å²) in [5.74, 6) is -0.307. The van der Waals surface area contributed by atoms with Gasteiger partial charge in [-0.05, 0) is 33.6 Å². The smallest absolute Gasteiger partial charge is 0.269 e. The van der Waals surface area contributed by atoms with Gasteiger partial charge < -0.3 is 4.57 Å². The zero-order valence-electron chi connectivity index (χ0n) is 8.23. The van der Waals surface area contributed by atoms with Crippen molar-refractivity contribution in [2.45, 2.75) is 6.54 Å². The molecule has 16 heavy (non-hydrogen) atoms. The molecule has 0 unspecified atom stereocenters. The van der Waals surface area contributed by atoms with Gasteiger partial charge in [0.25, 0.3) is 5.56 Å². The average Bonchev–Trinajstić information content (AvgIpc) is 2.24. The maximum atomic E-state index is 12.9. The van der Waals surface area contributed by atoms with Crippen molar-refractivity contribution in [1.29, 1.82) is 0 Å². The molecule has 0 saturated carbocycles. The second-order valence-electron chi connectivity index (χ2n) is 3.31. The maximum absolute atomic E-state index is 12.9. The first kappa shape index (κ1) is 11.0. The standard InChI is InChI=1S/C11H8BrFN2O/c12-10-7-15(11(16)5-14-10)6-8-2-1-3-9(13)4-8/h1-5,7H,6H2. The highest BCUT2D eigenvalue weighted by Crippen LogP contribution is 2.06. The molecule has 0 aliphatic carbocycles. The Balaban J connectivity index is 2.34. The molecule has 82 valence electrons. The van der Waals surface area contributed by atoms with Gasteiger partial charge in [-0.2, -0.15) is 0 Å². The summed E-state index contributed by atoms with van der Waals surface area (Å²) in [4.78, 5) is 15.3. The maximum Gasteiger partial charge on any atom is 0.269 e. The first-order valence-electron chi connectivity index (χ1n) is 4.61. The molecule has 5 heteroatoms. The lowest BCUT2D eigenvalue weighted by molar-refractivity contribution is 0.622. The Kier molecular flexibility index (Phi) is 3.14. The van der Waals surface area contributed by atoms with Gasteiger partial charge in [-0.15, -0.1) is 0 Å². The lowest BCUT2D eigenvalue weighted by Crippen LogP contribution is -2.19. The van der Waals surface area contributed by atoms with Gasteiger partial charge in [0.15, 0.2) is 0 Å². The predicted octanol–water partition coefficient (Wildman–Crippen LogP) is 2.19. The van der Waals surface area contributed by atoms with Crippen LogP contribution in [0.4, 0.5) is 4.39 Å². The fraction of sp³-hybridized carbons (Fsp3) is 0.0909. The molecule has 0 bridgehead atoms. The van der Waals surface area contributed by atoms with E-state index in [4.69, 9.17) is 0 Å². The van der Waals surface area contributed by atoms with Crippen LogP contribution in [0.2, 0.25) is 0 Å². The molecule has 0 N–H and O–H groups in total. The van der Waals surface area contributed by atoms with E-state index in [2.05, 4.69) is 20.9 Å². The van der Waals surface area contributed by atoms with Gasteiger partial charge >= 0.3 is 0 Å². The predicted molar refractivity (Wildman–Crippen MR) is 61.7 cm³/mol. The van der Waals surface area contributed by atoms with Crippen LogP contribution in [-0.4, -0.2) is 9.55 Å². The van der Waals surface area contributed by atoms with Crippen molar-refractivity contribution in [2.75, 3.05) is 0 Å². The van der Waals surface area contributed by atoms with Crippen molar-refractivity contribution in [2.24, 2.45) is 0 Å². The molecular formula is C11H8BrFN2O. The van der Waals surface area contributed by atoms with Gasteiger partial charge in [-0.3, -0.25) is 4.79 Å². The molecular weight excluding hydrogens is 275 g/mol. The van der Waals surface area contributed by atoms with Crippen LogP contribution >= 0.6 is 15.9 Å². The van der Waals surface area contributed by atoms with Crippen LogP contribution in [0.25, 0.3) is 0 Å². The lowest BCUT2D eigenvalue weighted by atomic mass is 10.2. The first-order valence-corrected chi connectivity index (χ1v) is 5.41. The molecule has 2 rings (SSSR count). The fourth-order valence-corrected chi connectivity index (χ4v) is 1.72. The minimum atomic E-state index is -0.307. The first-order chi connectivity index (χ1) is 7.65. The Morgan fingerprint density at radius 3 is 3.00 bits per heavy atom. The minimum Gasteiger partial charge on any atom is -0.307 e. The molecule has 2 aromatic rings. The Labute approximate surface area is 99.7 Å². The van der Waals surface area contributed by atoms with Gasteiger partial charge in [-0.1, -0.05) is 12.1 Å². The van der Waals surface area contributed by atoms with E-state index >= 15 is 0 Å². The van der Waals surface area contributed by atoms with E-state index in [-0.39, 0.29) is 11.4 Å². The Hall–Kier alpha value is -1.49. The molecule has 0 amide bonds. The van der Waals surface area contributed by atoms with Crippen molar-refractivity contribution < 1.29 is 4.39 Å². The van der Waals surface area contributed by atoms with Gasteiger partial charge in [0, 0.05) is 6.20 Å². The number of halogens is 2. The summed E-state index contributed by atoms with van der Waals surface area (Å²) >= 11 is 3.18. The van der Waals surface area contributed by atoms with Crippen molar-refractivity contribution in [3.05, 3.63) is 63.0 Å². The van der Waals surface area contributed by atoms with Crippen molar-refractivity contribution in [3.8, 4) is 0 Å². The molecule has 1 aromatic carbocycles. The Bertz CT molecular complexity index is 568. The SMILES string of the molecule is O=c1cnc(Br)cn1Cc1cccc(F)c1. The Morgan fingerprint density at radius 1 is 1.44 bits per heavy atom. The molecule has 0 aliphatic heterocycles. The zero-order valence-corrected chi connectivity index (χ0v) is 9.82. The lowest BCUT2D eigenvalue weighted by Gasteiger charge is -2.05. The third-order valence-electron chi connectivity index (χ3n) is 2.09. The second kappa shape index (κ2) is 4.57. The van der Waals surface area contributed by atoms with Crippen LogP contribution in [0.15, 0.2) is 46.1 Å². The monoisotopic (exact) mass is 282 g/mol. The number of benzene rings is 1. The van der Waals surface area contributed by atoms with E-state index in [0.717, 1.165) is 5.56 Å². The summed E-state index contributed by atoms with van der Waals surface area (Å²) in [7, 11) is 0. The summed E-state index contributed by atoms with van der Waals surface area (Å²) < 4.78 is 15.0. The summed E-state index contributed by atoms with van der Waals surface area (Å²) in [5, 5.41) is 0. The van der Waals surface area contributed by atoms with E-state index in [9.17, 15) is 9.18 Å². The van der Waals surface area contributed by atoms with E-state index in [1.165, 1.54) is 22.9 Å². The van der Waals surface area contributed by atoms with Crippen LogP contribution in [0.3, 0.4) is 0 Å². The Morgan fingerprint density at radius 2 is 2.25 bits per heavy atom. The molecule has 0 fully saturated rings. The van der Waals surface area contributed by atoms with Crippen LogP contribution in [-0.2, 0) is 6.54 Å². The van der Waals surface area contributed by atoms with E-state index in [0.29, 0.717) is 11.1 Å². The third kappa shape index (κ3) is 2.55. The van der Waals surface area contributed by atoms with Crippen molar-refractivity contribution in [1.82, 2.24) is 9.55 Å². The summed E-state index contributed by atoms with van der Waals surface area (Å²) in [6.07, 6.45) is 2.80. The van der Waals surface area contributed by atoms with Crippen molar-refractivity contribution in [3.63, 3.8) is 0 Å². The normalized spacial score (nSPS) is 10.4. The van der Waals surface area contributed by atoms with Gasteiger partial charge in [-0.25, -0.2) is 9.37 Å². The molecule has 1 aromatic heterocycles. The van der Waals surface area contributed by atoms with E-state index < -0.39 is 0 Å². The van der Waals surface area contributed by atoms with Crippen LogP contribution in [0, 0.1) is 5.82 Å². The molecule has 0 saturated heterocycles. The quantitative estimate of drug-likeness (QED) is 0.846. The van der Waals surface area contributed by atoms with Gasteiger partial charge in [0.2, 0.25) is 0 Å². The number of rotatable bonds is 2. The summed E-state index contributed by atoms with van der Waals surface area (Å²) in [6, 6.07) is 6.16. The van der Waals surface area contributed by atoms with Crippen LogP contribution in [0.5, 0.6) is 0 Å². The van der Waals surface area contributed by atoms with Gasteiger partial charge in [0.05, 0.1) is 12.7 Å². The minimum absolute atomic E-state index is 0.215. The third-order valence-corrected chi connectivity index (χ3v) is 2.50. The molecule has 0 atom stereocenters. The largest absolute Gasteiger partial charge is 0.307 e. The molecule has 0 radical (unpaired) electrons. The fourth-order valence-electron chi connectivity index (χ4n) is 1.37. The zero-order chi connectivity index (χ0) is 11.5. The van der Waals surface area contributed by atoms with Gasteiger partial charge in [0.1, 0.15) is 10.4 Å². The summed E-state index contributed by atoms with van der Waals surface area (Å²) in [5.41, 5.74) is 0.521. The highest BCUT2D eigenvalue weighted by molar-refractivity contribution is 9.10.